The van der Waals surface area contributed by atoms with Crippen LogP contribution in [0.25, 0.3) is 0 Å². The van der Waals surface area contributed by atoms with E-state index in [1.807, 2.05) is 6.92 Å². The molecule has 0 saturated heterocycles. The van der Waals surface area contributed by atoms with Crippen molar-refractivity contribution in [2.75, 3.05) is 19.0 Å². The molecule has 2 aliphatic heterocycles. The standard InChI is InChI=1S/C27H24N2O8/c1-3-4-13-35-26(34)29(2)25(33)28-22-20(31)12-11-19-23(22)36-21-14-15(30)9-10-18(21)27(19)17-8-6-5-7-16(17)24(32)37-27/h5-12,14,30-31H,3-4,13H2,1-2H3,(H,28,33). The van der Waals surface area contributed by atoms with Crippen LogP contribution in [-0.2, 0) is 15.1 Å². The molecule has 0 aliphatic carbocycles. The van der Waals surface area contributed by atoms with E-state index < -0.39 is 23.7 Å². The topological polar surface area (TPSA) is 135 Å². The van der Waals surface area contributed by atoms with Crippen LogP contribution in [0.4, 0.5) is 15.3 Å². The number of nitrogens with one attached hydrogen (secondary N) is 1. The van der Waals surface area contributed by atoms with Crippen LogP contribution in [0.15, 0.2) is 54.6 Å². The number of esters is 1. The molecule has 5 rings (SSSR count). The first kappa shape index (κ1) is 24.0. The van der Waals surface area contributed by atoms with Gasteiger partial charge >= 0.3 is 18.1 Å². The van der Waals surface area contributed by atoms with Crippen LogP contribution in [0.1, 0.15) is 46.8 Å². The molecule has 3 aromatic carbocycles. The number of unbranched alkanes of at least 4 members (excludes halogenated alkanes) is 1. The number of hydrogen-bond donors (Lipinski definition) is 3. The number of hydrogen-bond acceptors (Lipinski definition) is 8. The van der Waals surface area contributed by atoms with Crippen LogP contribution in [0, 0.1) is 0 Å². The number of benzene rings is 3. The minimum atomic E-state index is -1.47. The average molecular weight is 504 g/mol. The molecule has 0 aromatic heterocycles. The Morgan fingerprint density at radius 1 is 1.05 bits per heavy atom. The molecule has 3 aromatic rings. The summed E-state index contributed by atoms with van der Waals surface area (Å²) in [6.07, 6.45) is 0.606. The Morgan fingerprint density at radius 2 is 1.81 bits per heavy atom. The van der Waals surface area contributed by atoms with E-state index in [1.165, 1.54) is 31.3 Å². The number of nitrogens with zero attached hydrogens (tertiary/aromatic N) is 1. The van der Waals surface area contributed by atoms with Crippen molar-refractivity contribution in [2.45, 2.75) is 25.4 Å². The lowest BCUT2D eigenvalue weighted by atomic mass is 9.77. The molecule has 3 N–H and O–H groups in total. The van der Waals surface area contributed by atoms with Crippen LogP contribution in [-0.4, -0.2) is 46.9 Å². The van der Waals surface area contributed by atoms with Gasteiger partial charge in [-0.3, -0.25) is 0 Å². The van der Waals surface area contributed by atoms with Gasteiger partial charge in [0.25, 0.3) is 0 Å². The molecular formula is C27H24N2O8. The van der Waals surface area contributed by atoms with Crippen molar-refractivity contribution in [3.05, 3.63) is 76.9 Å². The number of anilines is 1. The molecule has 2 heterocycles. The number of carbonyl (C=O) groups is 3. The van der Waals surface area contributed by atoms with Crippen molar-refractivity contribution in [1.29, 1.82) is 0 Å². The van der Waals surface area contributed by atoms with Gasteiger partial charge in [-0.15, -0.1) is 0 Å². The first-order valence-corrected chi connectivity index (χ1v) is 11.7. The van der Waals surface area contributed by atoms with Crippen molar-refractivity contribution in [3.63, 3.8) is 0 Å². The fourth-order valence-corrected chi connectivity index (χ4v) is 4.51. The number of amides is 3. The Kier molecular flexibility index (Phi) is 5.87. The van der Waals surface area contributed by atoms with Gasteiger partial charge < -0.3 is 29.7 Å². The van der Waals surface area contributed by atoms with Gasteiger partial charge in [0.15, 0.2) is 11.4 Å². The van der Waals surface area contributed by atoms with Gasteiger partial charge in [-0.1, -0.05) is 31.5 Å². The molecule has 1 unspecified atom stereocenters. The lowest BCUT2D eigenvalue weighted by Crippen LogP contribution is -2.38. The highest BCUT2D eigenvalue weighted by molar-refractivity contribution is 6.02. The second kappa shape index (κ2) is 9.05. The minimum absolute atomic E-state index is 0.0105. The lowest BCUT2D eigenvalue weighted by Gasteiger charge is -2.37. The molecule has 0 saturated carbocycles. The number of imide groups is 1. The van der Waals surface area contributed by atoms with Gasteiger partial charge in [-0.25, -0.2) is 19.3 Å². The predicted octanol–water partition coefficient (Wildman–Crippen LogP) is 5.07. The summed E-state index contributed by atoms with van der Waals surface area (Å²) < 4.78 is 17.2. The number of rotatable bonds is 4. The highest BCUT2D eigenvalue weighted by Gasteiger charge is 2.54. The fourth-order valence-electron chi connectivity index (χ4n) is 4.51. The second-order valence-corrected chi connectivity index (χ2v) is 8.69. The quantitative estimate of drug-likeness (QED) is 0.255. The number of phenolic OH excluding ortho intramolecular Hbond substituents is 2. The van der Waals surface area contributed by atoms with E-state index in [0.717, 1.165) is 11.3 Å². The summed E-state index contributed by atoms with van der Waals surface area (Å²) in [5, 5.41) is 23.3. The lowest BCUT2D eigenvalue weighted by molar-refractivity contribution is 0.0224. The molecule has 37 heavy (non-hydrogen) atoms. The van der Waals surface area contributed by atoms with Gasteiger partial charge in [0.1, 0.15) is 22.9 Å². The smallest absolute Gasteiger partial charge is 0.417 e. The Labute approximate surface area is 212 Å². The summed E-state index contributed by atoms with van der Waals surface area (Å²) in [7, 11) is 1.24. The second-order valence-electron chi connectivity index (χ2n) is 8.69. The van der Waals surface area contributed by atoms with Crippen LogP contribution in [0.3, 0.4) is 0 Å². The number of carbonyl (C=O) groups excluding carboxylic acids is 3. The van der Waals surface area contributed by atoms with E-state index in [0.29, 0.717) is 28.7 Å². The Hall–Kier alpha value is -4.73. The first-order valence-electron chi connectivity index (χ1n) is 11.7. The molecule has 0 radical (unpaired) electrons. The summed E-state index contributed by atoms with van der Waals surface area (Å²) in [5.41, 5.74) is 0.0618. The molecule has 3 amide bonds. The number of urea groups is 1. The zero-order valence-electron chi connectivity index (χ0n) is 20.1. The monoisotopic (exact) mass is 504 g/mol. The highest BCUT2D eigenvalue weighted by atomic mass is 16.6. The molecule has 10 nitrogen and oxygen atoms in total. The molecule has 0 fully saturated rings. The molecular weight excluding hydrogens is 480 g/mol. The first-order chi connectivity index (χ1) is 17.8. The zero-order valence-corrected chi connectivity index (χ0v) is 20.1. The van der Waals surface area contributed by atoms with Gasteiger partial charge in [0, 0.05) is 24.2 Å². The molecule has 2 aliphatic rings. The third-order valence-corrected chi connectivity index (χ3v) is 6.38. The number of aromatic hydroxyl groups is 2. The summed E-state index contributed by atoms with van der Waals surface area (Å²) in [5.74, 6) is -0.865. The van der Waals surface area contributed by atoms with E-state index in [1.54, 1.807) is 30.3 Å². The van der Waals surface area contributed by atoms with E-state index in [4.69, 9.17) is 14.2 Å². The predicted molar refractivity (Wildman–Crippen MR) is 131 cm³/mol. The summed E-state index contributed by atoms with van der Waals surface area (Å²) >= 11 is 0. The van der Waals surface area contributed by atoms with E-state index >= 15 is 0 Å². The summed E-state index contributed by atoms with van der Waals surface area (Å²) in [6.45, 7) is 2.10. The van der Waals surface area contributed by atoms with Crippen LogP contribution < -0.4 is 10.1 Å². The highest BCUT2D eigenvalue weighted by Crippen LogP contribution is 2.59. The fraction of sp³-hybridized carbons (Fsp3) is 0.222. The van der Waals surface area contributed by atoms with Gasteiger partial charge in [0.2, 0.25) is 0 Å². The summed E-state index contributed by atoms with van der Waals surface area (Å²) in [6, 6.07) is 13.2. The minimum Gasteiger partial charge on any atom is -0.508 e. The number of fused-ring (bicyclic) bond motifs is 6. The third kappa shape index (κ3) is 3.77. The largest absolute Gasteiger partial charge is 0.508 e. The number of ether oxygens (including phenoxy) is 3. The molecule has 1 atom stereocenters. The maximum atomic E-state index is 12.9. The van der Waals surface area contributed by atoms with Crippen molar-refractivity contribution in [2.24, 2.45) is 0 Å². The summed E-state index contributed by atoms with van der Waals surface area (Å²) in [4.78, 5) is 38.8. The van der Waals surface area contributed by atoms with Crippen LogP contribution in [0.5, 0.6) is 23.0 Å². The van der Waals surface area contributed by atoms with Crippen molar-refractivity contribution >= 4 is 23.8 Å². The van der Waals surface area contributed by atoms with E-state index in [2.05, 4.69) is 5.32 Å². The van der Waals surface area contributed by atoms with Gasteiger partial charge in [-0.2, -0.15) is 0 Å². The van der Waals surface area contributed by atoms with Crippen LogP contribution in [0.2, 0.25) is 0 Å². The van der Waals surface area contributed by atoms with E-state index in [9.17, 15) is 24.6 Å². The van der Waals surface area contributed by atoms with Crippen molar-refractivity contribution < 1.29 is 38.8 Å². The molecule has 1 spiro atoms. The maximum Gasteiger partial charge on any atom is 0.417 e. The van der Waals surface area contributed by atoms with Crippen LogP contribution >= 0.6 is 0 Å². The average Bonchev–Trinajstić information content (AvgIpc) is 3.18. The molecule has 10 heteroatoms. The normalized spacial score (nSPS) is 16.6. The van der Waals surface area contributed by atoms with Crippen molar-refractivity contribution in [3.8, 4) is 23.0 Å². The Balaban J connectivity index is 1.62. The Morgan fingerprint density at radius 3 is 2.59 bits per heavy atom. The number of phenols is 2. The van der Waals surface area contributed by atoms with E-state index in [-0.39, 0.29) is 35.3 Å². The SMILES string of the molecule is CCCCOC(=O)N(C)C(=O)Nc1c(O)ccc2c1Oc1cc(O)ccc1C21OC(=O)c2ccccc21. The molecule has 0 bridgehead atoms. The third-order valence-electron chi connectivity index (χ3n) is 6.38. The van der Waals surface area contributed by atoms with Gasteiger partial charge in [-0.05, 0) is 36.8 Å². The Bertz CT molecular complexity index is 1440. The zero-order chi connectivity index (χ0) is 26.3. The molecule has 190 valence electrons. The van der Waals surface area contributed by atoms with Gasteiger partial charge in [0.05, 0.1) is 17.7 Å². The maximum absolute atomic E-state index is 12.9. The van der Waals surface area contributed by atoms with Crippen molar-refractivity contribution in [1.82, 2.24) is 4.90 Å².